The van der Waals surface area contributed by atoms with E-state index in [-0.39, 0.29) is 18.7 Å². The molecule has 3 unspecified atom stereocenters. The summed E-state index contributed by atoms with van der Waals surface area (Å²) in [5.74, 6) is 3.09. The van der Waals surface area contributed by atoms with Gasteiger partial charge in [-0.1, -0.05) is 104 Å². The number of hydrogen-bond donors (Lipinski definition) is 1. The summed E-state index contributed by atoms with van der Waals surface area (Å²) in [6.45, 7) is 4.44. The van der Waals surface area contributed by atoms with Crippen molar-refractivity contribution < 1.29 is 19.1 Å². The lowest BCUT2D eigenvalue weighted by molar-refractivity contribution is 0.0198. The second kappa shape index (κ2) is 20.6. The lowest BCUT2D eigenvalue weighted by atomic mass is 9.83. The van der Waals surface area contributed by atoms with Gasteiger partial charge in [-0.15, -0.1) is 0 Å². The first-order valence-corrected chi connectivity index (χ1v) is 17.1. The molecule has 0 amide bonds. The predicted molar refractivity (Wildman–Crippen MR) is 144 cm³/mol. The molecule has 0 aromatic carbocycles. The van der Waals surface area contributed by atoms with Crippen molar-refractivity contribution in [1.29, 1.82) is 0 Å². The van der Waals surface area contributed by atoms with Gasteiger partial charge in [-0.2, -0.15) is 11.8 Å². The van der Waals surface area contributed by atoms with Crippen LogP contribution in [0.4, 0.5) is 0 Å². The fourth-order valence-electron chi connectivity index (χ4n) is 5.14. The normalized spacial score (nSPS) is 18.4. The molecule has 0 saturated heterocycles. The molecule has 197 valence electrons. The van der Waals surface area contributed by atoms with E-state index in [0.29, 0.717) is 12.3 Å². The van der Waals surface area contributed by atoms with Crippen LogP contribution in [0.2, 0.25) is 0 Å². The van der Waals surface area contributed by atoms with Crippen molar-refractivity contribution in [2.75, 3.05) is 24.3 Å². The largest absolute Gasteiger partial charge is 0.330 e. The predicted octanol–water partition coefficient (Wildman–Crippen LogP) is 9.03. The zero-order chi connectivity index (χ0) is 24.2. The van der Waals surface area contributed by atoms with Crippen LogP contribution in [0.5, 0.6) is 0 Å². The van der Waals surface area contributed by atoms with E-state index in [4.69, 9.17) is 4.52 Å². The van der Waals surface area contributed by atoms with E-state index in [0.717, 1.165) is 25.7 Å². The summed E-state index contributed by atoms with van der Waals surface area (Å²) in [6.07, 6.45) is 20.9. The quantitative estimate of drug-likeness (QED) is 0.111. The average molecular weight is 506 g/mol. The zero-order valence-electron chi connectivity index (χ0n) is 21.8. The van der Waals surface area contributed by atoms with Crippen molar-refractivity contribution >= 4 is 19.4 Å². The van der Waals surface area contributed by atoms with Gasteiger partial charge >= 0.3 is 7.60 Å². The monoisotopic (exact) mass is 505 g/mol. The molecule has 1 saturated carbocycles. The standard InChI is InChI=1S/C27H54O4PS/c1-3-5-6-7-8-11-16-22-33-23-17-12-9-10-13-20-26(25-18-14-15-19-25)27(28)24-32(29,30)31-21-4-2/h25-27H,3-24H2,1-2H3,(H,29,30). The van der Waals surface area contributed by atoms with Gasteiger partial charge in [0.05, 0.1) is 12.8 Å². The van der Waals surface area contributed by atoms with Crippen molar-refractivity contribution in [2.45, 2.75) is 136 Å². The Morgan fingerprint density at radius 3 is 1.97 bits per heavy atom. The van der Waals surface area contributed by atoms with Crippen LogP contribution in [0.3, 0.4) is 0 Å². The minimum atomic E-state index is -3.75. The Morgan fingerprint density at radius 2 is 1.39 bits per heavy atom. The van der Waals surface area contributed by atoms with Crippen LogP contribution in [-0.2, 0) is 14.2 Å². The zero-order valence-corrected chi connectivity index (χ0v) is 23.5. The highest BCUT2D eigenvalue weighted by molar-refractivity contribution is 7.99. The van der Waals surface area contributed by atoms with Crippen molar-refractivity contribution in [3.05, 3.63) is 0 Å². The molecule has 0 aromatic rings. The van der Waals surface area contributed by atoms with Crippen LogP contribution in [0.1, 0.15) is 129 Å². The molecule has 0 bridgehead atoms. The summed E-state index contributed by atoms with van der Waals surface area (Å²) in [5, 5.41) is 13.0. The molecular weight excluding hydrogens is 451 g/mol. The molecule has 3 atom stereocenters. The topological polar surface area (TPSA) is 66.4 Å². The minimum Gasteiger partial charge on any atom is -0.324 e. The third-order valence-corrected chi connectivity index (χ3v) is 9.67. The van der Waals surface area contributed by atoms with Crippen LogP contribution in [0.15, 0.2) is 0 Å². The van der Waals surface area contributed by atoms with E-state index >= 15 is 0 Å². The average Bonchev–Trinajstić information content (AvgIpc) is 3.31. The first-order valence-electron chi connectivity index (χ1n) is 14.2. The Balaban J connectivity index is 2.11. The van der Waals surface area contributed by atoms with Gasteiger partial charge in [-0.05, 0) is 49.0 Å². The number of thioether (sulfide) groups is 1. The Hall–Kier alpha value is 0.460. The highest BCUT2D eigenvalue weighted by atomic mass is 32.2. The van der Waals surface area contributed by atoms with Gasteiger partial charge in [0.15, 0.2) is 0 Å². The van der Waals surface area contributed by atoms with Gasteiger partial charge in [0.25, 0.3) is 0 Å². The molecule has 33 heavy (non-hydrogen) atoms. The number of unbranched alkanes of at least 4 members (excludes halogenated alkanes) is 10. The Labute approximate surface area is 210 Å². The molecule has 1 aliphatic rings. The molecule has 1 radical (unpaired) electrons. The van der Waals surface area contributed by atoms with Gasteiger partial charge < -0.3 is 9.42 Å². The Bertz CT molecular complexity index is 485. The minimum absolute atomic E-state index is 0.0377. The SMILES string of the molecule is CCCCCCCCCSCCCCCCCC(C([O])CP(=O)(O)OCCC)C1CCCC1. The van der Waals surface area contributed by atoms with Crippen LogP contribution in [0, 0.1) is 11.8 Å². The summed E-state index contributed by atoms with van der Waals surface area (Å²) >= 11 is 2.12. The molecule has 6 heteroatoms. The van der Waals surface area contributed by atoms with Gasteiger partial charge in [-0.3, -0.25) is 4.57 Å². The highest BCUT2D eigenvalue weighted by Gasteiger charge is 2.35. The van der Waals surface area contributed by atoms with E-state index < -0.39 is 13.7 Å². The molecular formula is C27H54O4PS. The lowest BCUT2D eigenvalue weighted by Crippen LogP contribution is -2.29. The second-order valence-corrected chi connectivity index (χ2v) is 13.3. The number of rotatable bonds is 23. The summed E-state index contributed by atoms with van der Waals surface area (Å²) in [5.41, 5.74) is 0. The third-order valence-electron chi connectivity index (χ3n) is 7.11. The maximum Gasteiger partial charge on any atom is 0.330 e. The summed E-state index contributed by atoms with van der Waals surface area (Å²) in [6, 6.07) is 0. The molecule has 0 heterocycles. The fourth-order valence-corrected chi connectivity index (χ4v) is 7.46. The highest BCUT2D eigenvalue weighted by Crippen LogP contribution is 2.46. The van der Waals surface area contributed by atoms with E-state index in [9.17, 15) is 14.6 Å². The van der Waals surface area contributed by atoms with Crippen LogP contribution >= 0.6 is 19.4 Å². The molecule has 1 aliphatic carbocycles. The van der Waals surface area contributed by atoms with Crippen LogP contribution < -0.4 is 0 Å². The van der Waals surface area contributed by atoms with Gasteiger partial charge in [0.1, 0.15) is 6.10 Å². The molecule has 0 aliphatic heterocycles. The first kappa shape index (κ1) is 31.5. The second-order valence-electron chi connectivity index (χ2n) is 10.2. The molecule has 0 aromatic heterocycles. The Kier molecular flexibility index (Phi) is 19.7. The Morgan fingerprint density at radius 1 is 0.848 bits per heavy atom. The molecule has 1 rings (SSSR count). The smallest absolute Gasteiger partial charge is 0.324 e. The van der Waals surface area contributed by atoms with Crippen LogP contribution in [0.25, 0.3) is 0 Å². The van der Waals surface area contributed by atoms with Crippen molar-refractivity contribution in [2.24, 2.45) is 11.8 Å². The molecule has 0 spiro atoms. The van der Waals surface area contributed by atoms with E-state index in [1.807, 2.05) is 6.92 Å². The van der Waals surface area contributed by atoms with Crippen molar-refractivity contribution in [3.8, 4) is 0 Å². The summed E-state index contributed by atoms with van der Waals surface area (Å²) < 4.78 is 17.3. The van der Waals surface area contributed by atoms with E-state index in [1.165, 1.54) is 95.0 Å². The van der Waals surface area contributed by atoms with Crippen molar-refractivity contribution in [1.82, 2.24) is 0 Å². The van der Waals surface area contributed by atoms with Crippen LogP contribution in [-0.4, -0.2) is 35.3 Å². The third kappa shape index (κ3) is 16.7. The molecule has 1 N–H and O–H groups in total. The first-order chi connectivity index (χ1) is 16.0. The lowest BCUT2D eigenvalue weighted by Gasteiger charge is -2.28. The summed E-state index contributed by atoms with van der Waals surface area (Å²) in [7, 11) is -3.75. The van der Waals surface area contributed by atoms with Crippen molar-refractivity contribution in [3.63, 3.8) is 0 Å². The van der Waals surface area contributed by atoms with Gasteiger partial charge in [-0.25, -0.2) is 5.11 Å². The fraction of sp³-hybridized carbons (Fsp3) is 1.00. The van der Waals surface area contributed by atoms with E-state index in [2.05, 4.69) is 18.7 Å². The van der Waals surface area contributed by atoms with E-state index in [1.54, 1.807) is 0 Å². The maximum absolute atomic E-state index is 13.0. The molecule has 1 fully saturated rings. The molecule has 4 nitrogen and oxygen atoms in total. The maximum atomic E-state index is 13.0. The van der Waals surface area contributed by atoms with Gasteiger partial charge in [0, 0.05) is 0 Å². The summed E-state index contributed by atoms with van der Waals surface area (Å²) in [4.78, 5) is 10.0. The van der Waals surface area contributed by atoms with Gasteiger partial charge in [0.2, 0.25) is 0 Å². The number of hydrogen-bond acceptors (Lipinski definition) is 3.